The molecule has 1 heterocycles. The van der Waals surface area contributed by atoms with Crippen LogP contribution in [-0.4, -0.2) is 33.7 Å². The van der Waals surface area contributed by atoms with Gasteiger partial charge in [0.1, 0.15) is 11.0 Å². The number of nitrogens with zero attached hydrogens (tertiary/aromatic N) is 2. The van der Waals surface area contributed by atoms with E-state index in [2.05, 4.69) is 26.1 Å². The van der Waals surface area contributed by atoms with Crippen LogP contribution in [0.15, 0.2) is 30.3 Å². The van der Waals surface area contributed by atoms with Gasteiger partial charge in [-0.15, -0.1) is 10.2 Å². The van der Waals surface area contributed by atoms with Gasteiger partial charge in [0.2, 0.25) is 11.0 Å². The third-order valence-corrected chi connectivity index (χ3v) is 3.79. The predicted octanol–water partition coefficient (Wildman–Crippen LogP) is 2.63. The summed E-state index contributed by atoms with van der Waals surface area (Å²) >= 11 is 1.28. The van der Waals surface area contributed by atoms with E-state index in [1.807, 2.05) is 51.1 Å². The summed E-state index contributed by atoms with van der Waals surface area (Å²) in [4.78, 5) is 23.9. The second-order valence-corrected chi connectivity index (χ2v) is 7.32. The minimum absolute atomic E-state index is 0.352. The molecule has 0 radical (unpaired) electrons. The van der Waals surface area contributed by atoms with Crippen molar-refractivity contribution in [1.82, 2.24) is 20.8 Å². The van der Waals surface area contributed by atoms with Gasteiger partial charge in [0.15, 0.2) is 0 Å². The molecule has 1 aromatic carbocycles. The van der Waals surface area contributed by atoms with Gasteiger partial charge >= 0.3 is 6.03 Å². The largest absolute Gasteiger partial charge is 0.334 e. The first-order valence-electron chi connectivity index (χ1n) is 7.53. The fraction of sp³-hybridized carbons (Fsp3) is 0.375. The molecule has 0 aliphatic carbocycles. The van der Waals surface area contributed by atoms with Gasteiger partial charge in [-0.25, -0.2) is 4.79 Å². The highest BCUT2D eigenvalue weighted by molar-refractivity contribution is 7.18. The van der Waals surface area contributed by atoms with Crippen LogP contribution in [0.2, 0.25) is 0 Å². The van der Waals surface area contributed by atoms with E-state index in [0.717, 1.165) is 10.6 Å². The fourth-order valence-electron chi connectivity index (χ4n) is 1.82. The Balaban J connectivity index is 1.92. The van der Waals surface area contributed by atoms with Crippen molar-refractivity contribution in [3.63, 3.8) is 0 Å². The Morgan fingerprint density at radius 3 is 2.42 bits per heavy atom. The maximum atomic E-state index is 12.1. The maximum Gasteiger partial charge on any atom is 0.315 e. The average Bonchev–Trinajstić information content (AvgIpc) is 2.94. The molecule has 0 unspecified atom stereocenters. The zero-order chi connectivity index (χ0) is 17.7. The highest BCUT2D eigenvalue weighted by Gasteiger charge is 2.20. The Morgan fingerprint density at radius 2 is 1.79 bits per heavy atom. The molecule has 0 saturated heterocycles. The van der Waals surface area contributed by atoms with Crippen LogP contribution in [0.4, 0.5) is 9.93 Å². The first-order valence-corrected chi connectivity index (χ1v) is 8.35. The van der Waals surface area contributed by atoms with Crippen molar-refractivity contribution in [3.8, 4) is 10.6 Å². The number of rotatable bonds is 4. The molecule has 0 aliphatic rings. The Kier molecular flexibility index (Phi) is 5.50. The van der Waals surface area contributed by atoms with Crippen LogP contribution in [0.5, 0.6) is 0 Å². The highest BCUT2D eigenvalue weighted by Crippen LogP contribution is 2.25. The molecule has 3 N–H and O–H groups in total. The number of anilines is 1. The van der Waals surface area contributed by atoms with E-state index < -0.39 is 12.1 Å². The quantitative estimate of drug-likeness (QED) is 0.792. The van der Waals surface area contributed by atoms with Crippen LogP contribution in [0.3, 0.4) is 0 Å². The molecule has 0 bridgehead atoms. The Bertz CT molecular complexity index is 709. The van der Waals surface area contributed by atoms with Gasteiger partial charge in [-0.05, 0) is 27.7 Å². The Hall–Kier alpha value is -2.48. The van der Waals surface area contributed by atoms with Crippen molar-refractivity contribution in [1.29, 1.82) is 0 Å². The van der Waals surface area contributed by atoms with E-state index in [1.165, 1.54) is 11.3 Å². The lowest BCUT2D eigenvalue weighted by Crippen LogP contribution is -2.51. The number of hydrogen-bond acceptors (Lipinski definition) is 5. The van der Waals surface area contributed by atoms with Crippen LogP contribution in [-0.2, 0) is 4.79 Å². The summed E-state index contributed by atoms with van der Waals surface area (Å²) < 4.78 is 0. The van der Waals surface area contributed by atoms with Crippen molar-refractivity contribution in [2.75, 3.05) is 5.32 Å². The van der Waals surface area contributed by atoms with Crippen molar-refractivity contribution in [2.24, 2.45) is 0 Å². The van der Waals surface area contributed by atoms with Crippen LogP contribution < -0.4 is 16.0 Å². The number of carbonyl (C=O) groups is 2. The zero-order valence-electron chi connectivity index (χ0n) is 14.1. The van der Waals surface area contributed by atoms with Crippen LogP contribution in [0, 0.1) is 0 Å². The molecule has 8 heteroatoms. The Labute approximate surface area is 144 Å². The summed E-state index contributed by atoms with van der Waals surface area (Å²) in [5, 5.41) is 17.1. The third-order valence-electron chi connectivity index (χ3n) is 2.91. The molecule has 0 aliphatic heterocycles. The molecule has 2 rings (SSSR count). The normalized spacial score (nSPS) is 12.3. The molecule has 2 aromatic rings. The number of carbonyl (C=O) groups excluding carboxylic acids is 2. The number of amides is 3. The molecule has 0 saturated carbocycles. The molecule has 3 amide bonds. The van der Waals surface area contributed by atoms with Crippen LogP contribution >= 0.6 is 11.3 Å². The van der Waals surface area contributed by atoms with E-state index >= 15 is 0 Å². The monoisotopic (exact) mass is 347 g/mol. The summed E-state index contributed by atoms with van der Waals surface area (Å²) in [6, 6.07) is 8.50. The third kappa shape index (κ3) is 5.31. The first kappa shape index (κ1) is 17.9. The summed E-state index contributed by atoms with van der Waals surface area (Å²) in [6.07, 6.45) is 0. The van der Waals surface area contributed by atoms with Gasteiger partial charge < -0.3 is 10.6 Å². The smallest absolute Gasteiger partial charge is 0.315 e. The molecule has 7 nitrogen and oxygen atoms in total. The lowest BCUT2D eigenvalue weighted by atomic mass is 10.1. The molecule has 0 fully saturated rings. The van der Waals surface area contributed by atoms with Gasteiger partial charge in [0.05, 0.1) is 0 Å². The minimum Gasteiger partial charge on any atom is -0.334 e. The van der Waals surface area contributed by atoms with Crippen molar-refractivity contribution < 1.29 is 9.59 Å². The SMILES string of the molecule is C[C@H](NC(=O)NC(C)(C)C)C(=O)Nc1nnc(-c2ccccc2)s1. The number of nitrogens with one attached hydrogen (secondary N) is 3. The van der Waals surface area contributed by atoms with Crippen LogP contribution in [0.25, 0.3) is 10.6 Å². The number of benzene rings is 1. The maximum absolute atomic E-state index is 12.1. The van der Waals surface area contributed by atoms with Crippen molar-refractivity contribution in [3.05, 3.63) is 30.3 Å². The van der Waals surface area contributed by atoms with E-state index in [1.54, 1.807) is 6.92 Å². The van der Waals surface area contributed by atoms with E-state index in [-0.39, 0.29) is 11.4 Å². The van der Waals surface area contributed by atoms with E-state index in [4.69, 9.17) is 0 Å². The van der Waals surface area contributed by atoms with Gasteiger partial charge in [-0.2, -0.15) is 0 Å². The lowest BCUT2D eigenvalue weighted by molar-refractivity contribution is -0.117. The van der Waals surface area contributed by atoms with E-state index in [9.17, 15) is 9.59 Å². The molecular weight excluding hydrogens is 326 g/mol. The standard InChI is InChI=1S/C16H21N5O2S/c1-10(17-14(23)19-16(2,3)4)12(22)18-15-21-20-13(24-15)11-8-6-5-7-9-11/h5-10H,1-4H3,(H2,17,19,23)(H,18,21,22)/t10-/m0/s1. The topological polar surface area (TPSA) is 96.0 Å². The lowest BCUT2D eigenvalue weighted by Gasteiger charge is -2.22. The minimum atomic E-state index is -0.698. The van der Waals surface area contributed by atoms with Crippen molar-refractivity contribution in [2.45, 2.75) is 39.3 Å². The summed E-state index contributed by atoms with van der Waals surface area (Å²) in [6.45, 7) is 7.20. The summed E-state index contributed by atoms with van der Waals surface area (Å²) in [5.74, 6) is -0.352. The fourth-order valence-corrected chi connectivity index (χ4v) is 2.58. The molecule has 1 atom stereocenters. The zero-order valence-corrected chi connectivity index (χ0v) is 14.9. The number of hydrogen-bond donors (Lipinski definition) is 3. The second-order valence-electron chi connectivity index (χ2n) is 6.34. The first-order chi connectivity index (χ1) is 11.2. The number of urea groups is 1. The van der Waals surface area contributed by atoms with Gasteiger partial charge in [0, 0.05) is 11.1 Å². The molecule has 1 aromatic heterocycles. The molecule has 128 valence electrons. The van der Waals surface area contributed by atoms with Gasteiger partial charge in [-0.3, -0.25) is 10.1 Å². The Morgan fingerprint density at radius 1 is 1.12 bits per heavy atom. The van der Waals surface area contributed by atoms with Gasteiger partial charge in [0.25, 0.3) is 0 Å². The van der Waals surface area contributed by atoms with Crippen LogP contribution in [0.1, 0.15) is 27.7 Å². The van der Waals surface area contributed by atoms with Gasteiger partial charge in [-0.1, -0.05) is 41.7 Å². The highest BCUT2D eigenvalue weighted by atomic mass is 32.1. The number of aromatic nitrogens is 2. The van der Waals surface area contributed by atoms with E-state index in [0.29, 0.717) is 5.13 Å². The second kappa shape index (κ2) is 7.39. The molecule has 24 heavy (non-hydrogen) atoms. The predicted molar refractivity (Wildman–Crippen MR) is 94.9 cm³/mol. The summed E-state index contributed by atoms with van der Waals surface area (Å²) in [5.41, 5.74) is 0.565. The summed E-state index contributed by atoms with van der Waals surface area (Å²) in [7, 11) is 0. The molecular formula is C16H21N5O2S. The average molecular weight is 347 g/mol. The van der Waals surface area contributed by atoms with Crippen molar-refractivity contribution >= 4 is 28.4 Å². The molecule has 0 spiro atoms.